The van der Waals surface area contributed by atoms with Crippen molar-refractivity contribution in [2.45, 2.75) is 6.36 Å². The van der Waals surface area contributed by atoms with Gasteiger partial charge in [0.1, 0.15) is 11.6 Å². The first kappa shape index (κ1) is 11.0. The van der Waals surface area contributed by atoms with Crippen molar-refractivity contribution in [3.63, 3.8) is 0 Å². The maximum absolute atomic E-state index is 13.0. The van der Waals surface area contributed by atoms with Gasteiger partial charge in [0.25, 0.3) is 0 Å². The smallest absolute Gasteiger partial charge is 0.401 e. The molecular weight excluding hydrogens is 218 g/mol. The highest BCUT2D eigenvalue weighted by molar-refractivity contribution is 5.49. The van der Waals surface area contributed by atoms with E-state index in [-0.39, 0.29) is 0 Å². The minimum Gasteiger partial charge on any atom is -0.401 e. The van der Waals surface area contributed by atoms with E-state index < -0.39 is 29.3 Å². The van der Waals surface area contributed by atoms with Crippen molar-refractivity contribution in [3.05, 3.63) is 17.6 Å². The van der Waals surface area contributed by atoms with E-state index in [0.717, 1.165) is 0 Å². The van der Waals surface area contributed by atoms with Crippen LogP contribution in [0.5, 0.6) is 5.75 Å². The SMILES string of the molecule is N#Cc1cnc(N)c(F)c1OC(F)(F)F. The number of ether oxygens (including phenoxy) is 1. The summed E-state index contributed by atoms with van der Waals surface area (Å²) in [5, 5.41) is 8.39. The molecule has 0 radical (unpaired) electrons. The normalized spacial score (nSPS) is 10.9. The molecule has 0 fully saturated rings. The van der Waals surface area contributed by atoms with Gasteiger partial charge in [0.15, 0.2) is 11.6 Å². The molecule has 0 spiro atoms. The van der Waals surface area contributed by atoms with Crippen LogP contribution < -0.4 is 10.5 Å². The predicted octanol–water partition coefficient (Wildman–Crippen LogP) is 1.57. The van der Waals surface area contributed by atoms with E-state index in [9.17, 15) is 17.6 Å². The Bertz CT molecular complexity index is 423. The molecule has 2 N–H and O–H groups in total. The lowest BCUT2D eigenvalue weighted by Gasteiger charge is -2.11. The Kier molecular flexibility index (Phi) is 2.65. The van der Waals surface area contributed by atoms with E-state index >= 15 is 0 Å². The Morgan fingerprint density at radius 2 is 2.07 bits per heavy atom. The van der Waals surface area contributed by atoms with Crippen LogP contribution in [-0.2, 0) is 0 Å². The summed E-state index contributed by atoms with van der Waals surface area (Å²) in [5.74, 6) is -3.54. The van der Waals surface area contributed by atoms with Crippen LogP contribution in [0.4, 0.5) is 23.4 Å². The molecule has 4 nitrogen and oxygen atoms in total. The molecule has 0 aliphatic heterocycles. The van der Waals surface area contributed by atoms with Gasteiger partial charge in [-0.25, -0.2) is 4.98 Å². The van der Waals surface area contributed by atoms with Crippen molar-refractivity contribution in [1.82, 2.24) is 4.98 Å². The average molecular weight is 221 g/mol. The molecule has 0 amide bonds. The maximum atomic E-state index is 13.0. The van der Waals surface area contributed by atoms with Crippen LogP contribution in [0.3, 0.4) is 0 Å². The topological polar surface area (TPSA) is 71.9 Å². The van der Waals surface area contributed by atoms with Crippen LogP contribution in [0.25, 0.3) is 0 Å². The second kappa shape index (κ2) is 3.61. The Hall–Kier alpha value is -2.04. The van der Waals surface area contributed by atoms with Crippen molar-refractivity contribution in [2.24, 2.45) is 0 Å². The van der Waals surface area contributed by atoms with Gasteiger partial charge >= 0.3 is 6.36 Å². The summed E-state index contributed by atoms with van der Waals surface area (Å²) in [6, 6.07) is 1.30. The largest absolute Gasteiger partial charge is 0.573 e. The quantitative estimate of drug-likeness (QED) is 0.730. The number of nitrogens with two attached hydrogens (primary N) is 1. The molecule has 8 heteroatoms. The van der Waals surface area contributed by atoms with Crippen LogP contribution in [0.2, 0.25) is 0 Å². The van der Waals surface area contributed by atoms with E-state index in [4.69, 9.17) is 11.0 Å². The van der Waals surface area contributed by atoms with Crippen LogP contribution in [0, 0.1) is 17.1 Å². The first-order valence-electron chi connectivity index (χ1n) is 3.45. The molecule has 0 saturated carbocycles. The third kappa shape index (κ3) is 2.46. The van der Waals surface area contributed by atoms with Crippen molar-refractivity contribution in [2.75, 3.05) is 5.73 Å². The van der Waals surface area contributed by atoms with Crippen molar-refractivity contribution < 1.29 is 22.3 Å². The standard InChI is InChI=1S/C7H3F4N3O/c8-4-5(15-7(9,10)11)3(1-12)2-14-6(4)13/h2H,(H2,13,14). The van der Waals surface area contributed by atoms with Gasteiger partial charge in [-0.15, -0.1) is 13.2 Å². The van der Waals surface area contributed by atoms with Gasteiger partial charge in [-0.05, 0) is 0 Å². The maximum Gasteiger partial charge on any atom is 0.573 e. The van der Waals surface area contributed by atoms with Crippen molar-refractivity contribution in [1.29, 1.82) is 5.26 Å². The summed E-state index contributed by atoms with van der Waals surface area (Å²) in [7, 11) is 0. The van der Waals surface area contributed by atoms with Gasteiger partial charge in [-0.1, -0.05) is 0 Å². The Morgan fingerprint density at radius 1 is 1.47 bits per heavy atom. The lowest BCUT2D eigenvalue weighted by Crippen LogP contribution is -2.19. The highest BCUT2D eigenvalue weighted by Gasteiger charge is 2.34. The number of hydrogen-bond acceptors (Lipinski definition) is 4. The summed E-state index contributed by atoms with van der Waals surface area (Å²) in [6.45, 7) is 0. The first-order chi connectivity index (χ1) is 6.85. The van der Waals surface area contributed by atoms with Crippen LogP contribution in [0.15, 0.2) is 6.20 Å². The molecule has 0 bridgehead atoms. The van der Waals surface area contributed by atoms with Crippen LogP contribution in [0.1, 0.15) is 5.56 Å². The molecule has 80 valence electrons. The monoisotopic (exact) mass is 221 g/mol. The van der Waals surface area contributed by atoms with E-state index in [1.807, 2.05) is 0 Å². The first-order valence-corrected chi connectivity index (χ1v) is 3.45. The van der Waals surface area contributed by atoms with Crippen molar-refractivity contribution >= 4 is 5.82 Å². The number of pyridine rings is 1. The molecular formula is C7H3F4N3O. The Balaban J connectivity index is 3.26. The lowest BCUT2D eigenvalue weighted by molar-refractivity contribution is -0.275. The number of aromatic nitrogens is 1. The van der Waals surface area contributed by atoms with E-state index in [1.165, 1.54) is 6.07 Å². The summed E-state index contributed by atoms with van der Waals surface area (Å²) in [4.78, 5) is 3.17. The average Bonchev–Trinajstić information content (AvgIpc) is 2.11. The van der Waals surface area contributed by atoms with Gasteiger partial charge < -0.3 is 10.5 Å². The molecule has 0 atom stereocenters. The molecule has 15 heavy (non-hydrogen) atoms. The molecule has 0 unspecified atom stereocenters. The highest BCUT2D eigenvalue weighted by Crippen LogP contribution is 2.30. The second-order valence-corrected chi connectivity index (χ2v) is 2.36. The Labute approximate surface area is 80.9 Å². The predicted molar refractivity (Wildman–Crippen MR) is 40.0 cm³/mol. The molecule has 0 saturated heterocycles. The molecule has 0 aliphatic rings. The Morgan fingerprint density at radius 3 is 2.53 bits per heavy atom. The second-order valence-electron chi connectivity index (χ2n) is 2.36. The summed E-state index contributed by atoms with van der Waals surface area (Å²) < 4.78 is 51.8. The summed E-state index contributed by atoms with van der Waals surface area (Å²) in [6.07, 6.45) is -4.40. The molecule has 1 rings (SSSR count). The number of nitrogen functional groups attached to an aromatic ring is 1. The fourth-order valence-electron chi connectivity index (χ4n) is 0.779. The molecule has 1 aromatic heterocycles. The van der Waals surface area contributed by atoms with Gasteiger partial charge in [-0.2, -0.15) is 9.65 Å². The number of alkyl halides is 3. The fourth-order valence-corrected chi connectivity index (χ4v) is 0.779. The van der Waals surface area contributed by atoms with Gasteiger partial charge in [0, 0.05) is 0 Å². The zero-order valence-electron chi connectivity index (χ0n) is 6.97. The highest BCUT2D eigenvalue weighted by atomic mass is 19.4. The number of rotatable bonds is 1. The fraction of sp³-hybridized carbons (Fsp3) is 0.143. The third-order valence-corrected chi connectivity index (χ3v) is 1.34. The van der Waals surface area contributed by atoms with E-state index in [2.05, 4.69) is 9.72 Å². The van der Waals surface area contributed by atoms with Gasteiger partial charge in [0.05, 0.1) is 6.20 Å². The molecule has 0 aliphatic carbocycles. The zero-order valence-corrected chi connectivity index (χ0v) is 6.97. The van der Waals surface area contributed by atoms with E-state index in [0.29, 0.717) is 6.20 Å². The van der Waals surface area contributed by atoms with E-state index in [1.54, 1.807) is 0 Å². The number of halogens is 4. The number of hydrogen-bond donors (Lipinski definition) is 1. The van der Waals surface area contributed by atoms with Gasteiger partial charge in [-0.3, -0.25) is 0 Å². The minimum absolute atomic E-state index is 0.681. The molecule has 1 heterocycles. The third-order valence-electron chi connectivity index (χ3n) is 1.34. The summed E-state index contributed by atoms with van der Waals surface area (Å²) in [5.41, 5.74) is 4.24. The number of nitrogens with zero attached hydrogens (tertiary/aromatic N) is 2. The van der Waals surface area contributed by atoms with Crippen LogP contribution in [-0.4, -0.2) is 11.3 Å². The molecule has 0 aromatic carbocycles. The zero-order chi connectivity index (χ0) is 11.6. The summed E-state index contributed by atoms with van der Waals surface area (Å²) >= 11 is 0. The molecule has 1 aromatic rings. The lowest BCUT2D eigenvalue weighted by atomic mass is 10.2. The number of anilines is 1. The van der Waals surface area contributed by atoms with Crippen molar-refractivity contribution in [3.8, 4) is 11.8 Å². The number of nitriles is 1. The van der Waals surface area contributed by atoms with Gasteiger partial charge in [0.2, 0.25) is 5.82 Å². The van der Waals surface area contributed by atoms with Crippen LogP contribution >= 0.6 is 0 Å². The minimum atomic E-state index is -5.10.